The van der Waals surface area contributed by atoms with Crippen molar-refractivity contribution in [3.63, 3.8) is 0 Å². The van der Waals surface area contributed by atoms with Crippen LogP contribution in [0.25, 0.3) is 0 Å². The Kier molecular flexibility index (Phi) is 5.06. The fraction of sp³-hybridized carbons (Fsp3) is 0.522. The number of aromatic nitrogens is 2. The standard InChI is InChI=1S/C23H28N4O2/c1-26-10-8-20-18(15-26)14-24-22(25-20)17-6-11-27(12-7-17)23(28)21-19-5-3-2-4-16(19)9-13-29-21/h2-5,14,17,21H,6-13,15H2,1H3/t21-/m0/s1. The van der Waals surface area contributed by atoms with Crippen LogP contribution in [0.15, 0.2) is 30.5 Å². The normalized spacial score (nSPS) is 22.8. The Labute approximate surface area is 171 Å². The Morgan fingerprint density at radius 3 is 2.79 bits per heavy atom. The molecule has 2 aromatic rings. The Hall–Kier alpha value is -2.31. The minimum atomic E-state index is -0.450. The molecular weight excluding hydrogens is 364 g/mol. The fourth-order valence-corrected chi connectivity index (χ4v) is 4.79. The second kappa shape index (κ2) is 7.84. The van der Waals surface area contributed by atoms with Crippen LogP contribution >= 0.6 is 0 Å². The quantitative estimate of drug-likeness (QED) is 0.786. The number of carbonyl (C=O) groups is 1. The van der Waals surface area contributed by atoms with Crippen molar-refractivity contribution in [1.82, 2.24) is 19.8 Å². The average Bonchev–Trinajstić information content (AvgIpc) is 2.78. The Morgan fingerprint density at radius 2 is 1.93 bits per heavy atom. The molecule has 3 aliphatic rings. The molecule has 0 aliphatic carbocycles. The Morgan fingerprint density at radius 1 is 1.10 bits per heavy atom. The van der Waals surface area contributed by atoms with E-state index in [0.717, 1.165) is 63.3 Å². The van der Waals surface area contributed by atoms with Crippen molar-refractivity contribution in [2.24, 2.45) is 0 Å². The first kappa shape index (κ1) is 18.7. The van der Waals surface area contributed by atoms with Crippen LogP contribution in [0.4, 0.5) is 0 Å². The van der Waals surface area contributed by atoms with E-state index in [0.29, 0.717) is 12.5 Å². The molecule has 0 saturated carbocycles. The van der Waals surface area contributed by atoms with Gasteiger partial charge >= 0.3 is 0 Å². The number of benzene rings is 1. The molecule has 0 unspecified atom stereocenters. The van der Waals surface area contributed by atoms with Crippen LogP contribution in [0, 0.1) is 0 Å². The molecule has 29 heavy (non-hydrogen) atoms. The lowest BCUT2D eigenvalue weighted by Gasteiger charge is -2.35. The number of rotatable bonds is 2. The molecule has 152 valence electrons. The van der Waals surface area contributed by atoms with Crippen molar-refractivity contribution in [3.8, 4) is 0 Å². The summed E-state index contributed by atoms with van der Waals surface area (Å²) in [5.74, 6) is 1.40. The number of likely N-dealkylation sites (tertiary alicyclic amines) is 1. The van der Waals surface area contributed by atoms with Gasteiger partial charge in [-0.05, 0) is 37.4 Å². The molecule has 1 amide bonds. The molecule has 0 spiro atoms. The number of piperidine rings is 1. The first-order valence-corrected chi connectivity index (χ1v) is 10.7. The third kappa shape index (κ3) is 3.67. The van der Waals surface area contributed by atoms with E-state index in [1.54, 1.807) is 0 Å². The van der Waals surface area contributed by atoms with Gasteiger partial charge in [0.15, 0.2) is 6.10 Å². The summed E-state index contributed by atoms with van der Waals surface area (Å²) in [4.78, 5) is 27.0. The lowest BCUT2D eigenvalue weighted by Crippen LogP contribution is -2.42. The predicted octanol–water partition coefficient (Wildman–Crippen LogP) is 2.48. The van der Waals surface area contributed by atoms with Crippen molar-refractivity contribution in [2.75, 3.05) is 33.3 Å². The second-order valence-corrected chi connectivity index (χ2v) is 8.49. The minimum Gasteiger partial charge on any atom is -0.363 e. The molecule has 4 heterocycles. The summed E-state index contributed by atoms with van der Waals surface area (Å²) >= 11 is 0. The monoisotopic (exact) mass is 392 g/mol. The maximum Gasteiger partial charge on any atom is 0.256 e. The maximum atomic E-state index is 13.1. The van der Waals surface area contributed by atoms with Crippen LogP contribution < -0.4 is 0 Å². The van der Waals surface area contributed by atoms with Gasteiger partial charge in [0, 0.05) is 56.0 Å². The molecule has 1 aromatic carbocycles. The molecule has 1 aromatic heterocycles. The number of hydrogen-bond donors (Lipinski definition) is 0. The molecular formula is C23H28N4O2. The Balaban J connectivity index is 1.25. The van der Waals surface area contributed by atoms with E-state index in [1.807, 2.05) is 29.3 Å². The second-order valence-electron chi connectivity index (χ2n) is 8.49. The van der Waals surface area contributed by atoms with E-state index in [9.17, 15) is 4.79 Å². The number of likely N-dealkylation sites (N-methyl/N-ethyl adjacent to an activating group) is 1. The minimum absolute atomic E-state index is 0.102. The molecule has 0 N–H and O–H groups in total. The maximum absolute atomic E-state index is 13.1. The highest BCUT2D eigenvalue weighted by molar-refractivity contribution is 5.83. The first-order valence-electron chi connectivity index (χ1n) is 10.7. The number of hydrogen-bond acceptors (Lipinski definition) is 5. The van der Waals surface area contributed by atoms with E-state index >= 15 is 0 Å². The zero-order chi connectivity index (χ0) is 19.8. The molecule has 1 fully saturated rings. The zero-order valence-electron chi connectivity index (χ0n) is 17.0. The van der Waals surface area contributed by atoms with E-state index < -0.39 is 6.10 Å². The van der Waals surface area contributed by atoms with Gasteiger partial charge in [0.2, 0.25) is 0 Å². The summed E-state index contributed by atoms with van der Waals surface area (Å²) in [7, 11) is 2.14. The van der Waals surface area contributed by atoms with E-state index in [2.05, 4.69) is 23.0 Å². The Bertz CT molecular complexity index is 908. The van der Waals surface area contributed by atoms with Crippen LogP contribution in [0.1, 0.15) is 53.1 Å². The zero-order valence-corrected chi connectivity index (χ0v) is 17.0. The summed E-state index contributed by atoms with van der Waals surface area (Å²) in [6, 6.07) is 8.16. The number of carbonyl (C=O) groups excluding carboxylic acids is 1. The third-order valence-electron chi connectivity index (χ3n) is 6.53. The SMILES string of the molecule is CN1CCc2nc(C3CCN(C(=O)[C@H]4OCCc5ccccc54)CC3)ncc2C1. The third-order valence-corrected chi connectivity index (χ3v) is 6.53. The van der Waals surface area contributed by atoms with E-state index in [-0.39, 0.29) is 5.91 Å². The predicted molar refractivity (Wildman–Crippen MR) is 109 cm³/mol. The van der Waals surface area contributed by atoms with Crippen LogP contribution in [0.5, 0.6) is 0 Å². The first-order chi connectivity index (χ1) is 14.2. The van der Waals surface area contributed by atoms with Gasteiger partial charge in [0.25, 0.3) is 5.91 Å². The number of ether oxygens (including phenoxy) is 1. The number of fused-ring (bicyclic) bond motifs is 2. The number of nitrogens with zero attached hydrogens (tertiary/aromatic N) is 4. The molecule has 5 rings (SSSR count). The van der Waals surface area contributed by atoms with Crippen LogP contribution in [-0.2, 0) is 28.9 Å². The van der Waals surface area contributed by atoms with Crippen molar-refractivity contribution in [1.29, 1.82) is 0 Å². The van der Waals surface area contributed by atoms with Crippen molar-refractivity contribution < 1.29 is 9.53 Å². The summed E-state index contributed by atoms with van der Waals surface area (Å²) in [6.45, 7) is 4.09. The molecule has 1 saturated heterocycles. The largest absolute Gasteiger partial charge is 0.363 e. The van der Waals surface area contributed by atoms with Gasteiger partial charge in [-0.15, -0.1) is 0 Å². The molecule has 3 aliphatic heterocycles. The van der Waals surface area contributed by atoms with Gasteiger partial charge in [-0.25, -0.2) is 9.97 Å². The summed E-state index contributed by atoms with van der Waals surface area (Å²) < 4.78 is 5.88. The lowest BCUT2D eigenvalue weighted by atomic mass is 9.93. The topological polar surface area (TPSA) is 58.6 Å². The van der Waals surface area contributed by atoms with E-state index in [1.165, 1.54) is 16.8 Å². The summed E-state index contributed by atoms with van der Waals surface area (Å²) in [5.41, 5.74) is 4.73. The molecule has 0 radical (unpaired) electrons. The lowest BCUT2D eigenvalue weighted by molar-refractivity contribution is -0.146. The fourth-order valence-electron chi connectivity index (χ4n) is 4.79. The highest BCUT2D eigenvalue weighted by Gasteiger charge is 2.33. The van der Waals surface area contributed by atoms with Crippen LogP contribution in [-0.4, -0.2) is 59.0 Å². The van der Waals surface area contributed by atoms with Crippen LogP contribution in [0.3, 0.4) is 0 Å². The van der Waals surface area contributed by atoms with Gasteiger partial charge in [0.1, 0.15) is 5.82 Å². The average molecular weight is 393 g/mol. The van der Waals surface area contributed by atoms with Crippen LogP contribution in [0.2, 0.25) is 0 Å². The highest BCUT2D eigenvalue weighted by Crippen LogP contribution is 2.32. The van der Waals surface area contributed by atoms with Gasteiger partial charge in [0.05, 0.1) is 6.61 Å². The molecule has 6 nitrogen and oxygen atoms in total. The molecule has 0 bridgehead atoms. The number of amides is 1. The highest BCUT2D eigenvalue weighted by atomic mass is 16.5. The summed E-state index contributed by atoms with van der Waals surface area (Å²) in [5, 5.41) is 0. The molecule has 1 atom stereocenters. The van der Waals surface area contributed by atoms with Gasteiger partial charge in [-0.2, -0.15) is 0 Å². The van der Waals surface area contributed by atoms with E-state index in [4.69, 9.17) is 9.72 Å². The van der Waals surface area contributed by atoms with Gasteiger partial charge in [-0.1, -0.05) is 24.3 Å². The van der Waals surface area contributed by atoms with Crippen molar-refractivity contribution in [3.05, 3.63) is 58.7 Å². The summed E-state index contributed by atoms with van der Waals surface area (Å²) in [6.07, 6.45) is 5.27. The van der Waals surface area contributed by atoms with Crippen molar-refractivity contribution >= 4 is 5.91 Å². The smallest absolute Gasteiger partial charge is 0.256 e. The van der Waals surface area contributed by atoms with Gasteiger partial charge < -0.3 is 14.5 Å². The molecule has 6 heteroatoms. The van der Waals surface area contributed by atoms with Crippen molar-refractivity contribution in [2.45, 2.75) is 44.2 Å². The van der Waals surface area contributed by atoms with Gasteiger partial charge in [-0.3, -0.25) is 4.79 Å².